The molecule has 0 atom stereocenters. The van der Waals surface area contributed by atoms with Gasteiger partial charge >= 0.3 is 0 Å². The first-order valence-electron chi connectivity index (χ1n) is 4.63. The Morgan fingerprint density at radius 1 is 1.19 bits per heavy atom. The Bertz CT molecular complexity index is 474. The standard InChI is InChI=1S/C11H9BrN2O2/c12-8-5-13-11(14-6-8)7-16-10-4-2-1-3-9(10)15/h1-6,15H,7H2. The topological polar surface area (TPSA) is 55.2 Å². The van der Waals surface area contributed by atoms with E-state index in [2.05, 4.69) is 25.9 Å². The molecule has 0 spiro atoms. The molecule has 0 aliphatic heterocycles. The predicted octanol–water partition coefficient (Wildman–Crippen LogP) is 2.52. The highest BCUT2D eigenvalue weighted by atomic mass is 79.9. The second kappa shape index (κ2) is 4.94. The highest BCUT2D eigenvalue weighted by Gasteiger charge is 2.02. The van der Waals surface area contributed by atoms with Crippen LogP contribution in [0.5, 0.6) is 11.5 Å². The minimum absolute atomic E-state index is 0.111. The molecule has 1 N–H and O–H groups in total. The molecule has 0 saturated carbocycles. The van der Waals surface area contributed by atoms with Crippen LogP contribution in [0.1, 0.15) is 5.82 Å². The molecule has 82 valence electrons. The van der Waals surface area contributed by atoms with Crippen molar-refractivity contribution in [2.45, 2.75) is 6.61 Å². The van der Waals surface area contributed by atoms with Gasteiger partial charge in [0.05, 0.1) is 4.47 Å². The fourth-order valence-electron chi connectivity index (χ4n) is 1.14. The van der Waals surface area contributed by atoms with Gasteiger partial charge in [0, 0.05) is 12.4 Å². The number of para-hydroxylation sites is 2. The second-order valence-electron chi connectivity index (χ2n) is 3.07. The third-order valence-electron chi connectivity index (χ3n) is 1.90. The Kier molecular flexibility index (Phi) is 3.36. The molecule has 0 amide bonds. The number of nitrogens with zero attached hydrogens (tertiary/aromatic N) is 2. The van der Waals surface area contributed by atoms with Gasteiger partial charge in [-0.1, -0.05) is 12.1 Å². The van der Waals surface area contributed by atoms with E-state index in [0.717, 1.165) is 4.47 Å². The zero-order valence-corrected chi connectivity index (χ0v) is 9.89. The van der Waals surface area contributed by atoms with Crippen molar-refractivity contribution in [3.63, 3.8) is 0 Å². The summed E-state index contributed by atoms with van der Waals surface area (Å²) in [6.07, 6.45) is 3.30. The van der Waals surface area contributed by atoms with Crippen molar-refractivity contribution in [2.75, 3.05) is 0 Å². The first-order chi connectivity index (χ1) is 7.75. The molecular weight excluding hydrogens is 272 g/mol. The van der Waals surface area contributed by atoms with Crippen LogP contribution in [0.25, 0.3) is 0 Å². The van der Waals surface area contributed by atoms with Gasteiger partial charge in [-0.15, -0.1) is 0 Å². The van der Waals surface area contributed by atoms with Crippen molar-refractivity contribution in [1.82, 2.24) is 9.97 Å². The van der Waals surface area contributed by atoms with Crippen LogP contribution < -0.4 is 4.74 Å². The Morgan fingerprint density at radius 2 is 1.88 bits per heavy atom. The molecule has 0 radical (unpaired) electrons. The lowest BCUT2D eigenvalue weighted by Gasteiger charge is -2.06. The normalized spacial score (nSPS) is 10.1. The van der Waals surface area contributed by atoms with Crippen molar-refractivity contribution in [3.05, 3.63) is 47.0 Å². The second-order valence-corrected chi connectivity index (χ2v) is 3.99. The fourth-order valence-corrected chi connectivity index (χ4v) is 1.34. The predicted molar refractivity (Wildman–Crippen MR) is 62.2 cm³/mol. The third-order valence-corrected chi connectivity index (χ3v) is 2.31. The van der Waals surface area contributed by atoms with Crippen molar-refractivity contribution in [1.29, 1.82) is 0 Å². The Hall–Kier alpha value is -1.62. The van der Waals surface area contributed by atoms with Gasteiger partial charge in [-0.3, -0.25) is 0 Å². The quantitative estimate of drug-likeness (QED) is 0.939. The van der Waals surface area contributed by atoms with E-state index in [1.807, 2.05) is 0 Å². The van der Waals surface area contributed by atoms with Crippen LogP contribution >= 0.6 is 15.9 Å². The Morgan fingerprint density at radius 3 is 2.56 bits per heavy atom. The Balaban J connectivity index is 2.02. The number of aromatic nitrogens is 2. The highest BCUT2D eigenvalue weighted by molar-refractivity contribution is 9.10. The van der Waals surface area contributed by atoms with Crippen LogP contribution in [0.15, 0.2) is 41.1 Å². The number of rotatable bonds is 3. The molecule has 0 fully saturated rings. The number of hydrogen-bond acceptors (Lipinski definition) is 4. The van der Waals surface area contributed by atoms with Crippen LogP contribution in [-0.4, -0.2) is 15.1 Å². The van der Waals surface area contributed by atoms with Crippen molar-refractivity contribution in [2.24, 2.45) is 0 Å². The van der Waals surface area contributed by atoms with Gasteiger partial charge in [-0.2, -0.15) is 0 Å². The lowest BCUT2D eigenvalue weighted by molar-refractivity contribution is 0.280. The fraction of sp³-hybridized carbons (Fsp3) is 0.0909. The molecule has 5 heteroatoms. The van der Waals surface area contributed by atoms with Gasteiger partial charge in [-0.25, -0.2) is 9.97 Å². The van der Waals surface area contributed by atoms with E-state index in [1.165, 1.54) is 0 Å². The highest BCUT2D eigenvalue weighted by Crippen LogP contribution is 2.24. The molecule has 1 heterocycles. The maximum atomic E-state index is 9.46. The maximum Gasteiger partial charge on any atom is 0.166 e. The first kappa shape index (κ1) is 10.9. The van der Waals surface area contributed by atoms with Crippen LogP contribution in [0.2, 0.25) is 0 Å². The zero-order valence-electron chi connectivity index (χ0n) is 8.30. The molecule has 2 rings (SSSR count). The van der Waals surface area contributed by atoms with Gasteiger partial charge in [-0.05, 0) is 28.1 Å². The molecule has 0 saturated heterocycles. The van der Waals surface area contributed by atoms with Crippen LogP contribution in [-0.2, 0) is 6.61 Å². The van der Waals surface area contributed by atoms with E-state index in [1.54, 1.807) is 36.7 Å². The average molecular weight is 281 g/mol. The number of halogens is 1. The van der Waals surface area contributed by atoms with Gasteiger partial charge < -0.3 is 9.84 Å². The number of hydrogen-bond donors (Lipinski definition) is 1. The largest absolute Gasteiger partial charge is 0.504 e. The summed E-state index contributed by atoms with van der Waals surface area (Å²) in [4.78, 5) is 8.12. The summed E-state index contributed by atoms with van der Waals surface area (Å²) in [7, 11) is 0. The third kappa shape index (κ3) is 2.70. The van der Waals surface area contributed by atoms with E-state index in [-0.39, 0.29) is 12.4 Å². The van der Waals surface area contributed by atoms with Gasteiger partial charge in [0.15, 0.2) is 17.3 Å². The molecule has 0 unspecified atom stereocenters. The minimum atomic E-state index is 0.111. The van der Waals surface area contributed by atoms with Gasteiger partial charge in [0.2, 0.25) is 0 Å². The number of aromatic hydroxyl groups is 1. The van der Waals surface area contributed by atoms with E-state index >= 15 is 0 Å². The average Bonchev–Trinajstić information content (AvgIpc) is 2.30. The summed E-state index contributed by atoms with van der Waals surface area (Å²) in [5.74, 6) is 1.10. The van der Waals surface area contributed by atoms with Gasteiger partial charge in [0.1, 0.15) is 6.61 Å². The molecule has 1 aromatic carbocycles. The minimum Gasteiger partial charge on any atom is -0.504 e. The molecular formula is C11H9BrN2O2. The molecule has 2 aromatic rings. The number of ether oxygens (including phenoxy) is 1. The summed E-state index contributed by atoms with van der Waals surface area (Å²) in [5, 5.41) is 9.46. The summed E-state index contributed by atoms with van der Waals surface area (Å²) < 4.78 is 6.19. The number of benzene rings is 1. The summed E-state index contributed by atoms with van der Waals surface area (Å²) in [5.41, 5.74) is 0. The van der Waals surface area contributed by atoms with Crippen molar-refractivity contribution >= 4 is 15.9 Å². The SMILES string of the molecule is Oc1ccccc1OCc1ncc(Br)cn1. The number of phenolic OH excluding ortho intramolecular Hbond substituents is 1. The zero-order chi connectivity index (χ0) is 11.4. The molecule has 0 aliphatic rings. The molecule has 16 heavy (non-hydrogen) atoms. The lowest BCUT2D eigenvalue weighted by atomic mass is 10.3. The van der Waals surface area contributed by atoms with Crippen LogP contribution in [0, 0.1) is 0 Å². The molecule has 4 nitrogen and oxygen atoms in total. The smallest absolute Gasteiger partial charge is 0.166 e. The first-order valence-corrected chi connectivity index (χ1v) is 5.42. The van der Waals surface area contributed by atoms with E-state index in [9.17, 15) is 5.11 Å². The van der Waals surface area contributed by atoms with Crippen molar-refractivity contribution < 1.29 is 9.84 Å². The molecule has 1 aromatic heterocycles. The summed E-state index contributed by atoms with van der Waals surface area (Å²) >= 11 is 3.25. The van der Waals surface area contributed by atoms with Gasteiger partial charge in [0.25, 0.3) is 0 Å². The number of phenols is 1. The van der Waals surface area contributed by atoms with Crippen LogP contribution in [0.3, 0.4) is 0 Å². The summed E-state index contributed by atoms with van der Waals surface area (Å²) in [6, 6.07) is 6.78. The maximum absolute atomic E-state index is 9.46. The van der Waals surface area contributed by atoms with E-state index in [0.29, 0.717) is 11.6 Å². The van der Waals surface area contributed by atoms with Crippen molar-refractivity contribution in [3.8, 4) is 11.5 Å². The monoisotopic (exact) mass is 280 g/mol. The molecule has 0 bridgehead atoms. The van der Waals surface area contributed by atoms with Crippen LogP contribution in [0.4, 0.5) is 0 Å². The lowest BCUT2D eigenvalue weighted by Crippen LogP contribution is -2.00. The molecule has 0 aliphatic carbocycles. The summed E-state index contributed by atoms with van der Waals surface area (Å²) in [6.45, 7) is 0.227. The Labute approximate surface area is 101 Å². The van der Waals surface area contributed by atoms with E-state index < -0.39 is 0 Å². The van der Waals surface area contributed by atoms with E-state index in [4.69, 9.17) is 4.74 Å².